The normalized spacial score (nSPS) is 10.6. The highest BCUT2D eigenvalue weighted by Crippen LogP contribution is 2.26. The molecule has 0 unspecified atom stereocenters. The van der Waals surface area contributed by atoms with Crippen LogP contribution in [0.15, 0.2) is 41.3 Å². The summed E-state index contributed by atoms with van der Waals surface area (Å²) in [6.45, 7) is 1.94. The van der Waals surface area contributed by atoms with Gasteiger partial charge >= 0.3 is 0 Å². The third-order valence-corrected chi connectivity index (χ3v) is 3.70. The van der Waals surface area contributed by atoms with E-state index in [1.807, 2.05) is 25.1 Å². The molecule has 0 aliphatic heterocycles. The summed E-state index contributed by atoms with van der Waals surface area (Å²) in [6.07, 6.45) is 0. The molecule has 2 N–H and O–H groups in total. The van der Waals surface area contributed by atoms with Gasteiger partial charge in [-0.2, -0.15) is 0 Å². The zero-order chi connectivity index (χ0) is 13.1. The van der Waals surface area contributed by atoms with Gasteiger partial charge in [0.25, 0.3) is 0 Å². The number of hydrogen-bond donors (Lipinski definition) is 1. The molecule has 0 saturated carbocycles. The number of aryl methyl sites for hydroxylation is 1. The summed E-state index contributed by atoms with van der Waals surface area (Å²) in [5.74, 6) is -1.02. The minimum Gasteiger partial charge on any atom is -0.399 e. The van der Waals surface area contributed by atoms with Crippen LogP contribution in [-0.2, 0) is 5.75 Å². The molecule has 18 heavy (non-hydrogen) atoms. The summed E-state index contributed by atoms with van der Waals surface area (Å²) in [5.41, 5.74) is 8.27. The van der Waals surface area contributed by atoms with Gasteiger partial charge in [0.2, 0.25) is 0 Å². The van der Waals surface area contributed by atoms with Gasteiger partial charge in [0, 0.05) is 16.3 Å². The predicted octanol–water partition coefficient (Wildman–Crippen LogP) is 4.15. The highest BCUT2D eigenvalue weighted by atomic mass is 32.2. The first-order valence-electron chi connectivity index (χ1n) is 5.49. The highest BCUT2D eigenvalue weighted by Gasteiger charge is 2.03. The molecule has 94 valence electrons. The Hall–Kier alpha value is -1.55. The van der Waals surface area contributed by atoms with Crippen molar-refractivity contribution in [2.75, 3.05) is 5.73 Å². The molecule has 0 aliphatic rings. The number of anilines is 1. The zero-order valence-corrected chi connectivity index (χ0v) is 10.7. The second kappa shape index (κ2) is 5.40. The number of benzene rings is 2. The van der Waals surface area contributed by atoms with Crippen molar-refractivity contribution < 1.29 is 8.78 Å². The van der Waals surface area contributed by atoms with Crippen molar-refractivity contribution in [2.24, 2.45) is 0 Å². The van der Waals surface area contributed by atoms with Crippen LogP contribution in [0.5, 0.6) is 0 Å². The second-order valence-electron chi connectivity index (χ2n) is 4.06. The average Bonchev–Trinajstić information content (AvgIpc) is 2.35. The summed E-state index contributed by atoms with van der Waals surface area (Å²) < 4.78 is 25.8. The van der Waals surface area contributed by atoms with E-state index in [9.17, 15) is 8.78 Å². The van der Waals surface area contributed by atoms with E-state index in [2.05, 4.69) is 0 Å². The topological polar surface area (TPSA) is 26.0 Å². The van der Waals surface area contributed by atoms with Crippen molar-refractivity contribution in [1.29, 1.82) is 0 Å². The number of halogens is 2. The van der Waals surface area contributed by atoms with Crippen LogP contribution in [0.25, 0.3) is 0 Å². The number of thioether (sulfide) groups is 1. The van der Waals surface area contributed by atoms with E-state index in [1.165, 1.54) is 6.07 Å². The molecule has 1 nitrogen and oxygen atoms in total. The third-order valence-electron chi connectivity index (χ3n) is 2.63. The maximum Gasteiger partial charge on any atom is 0.159 e. The SMILES string of the molecule is Cc1cc(SCc2ccc(F)c(F)c2)ccc1N. The first-order chi connectivity index (χ1) is 8.56. The minimum atomic E-state index is -0.813. The van der Waals surface area contributed by atoms with E-state index >= 15 is 0 Å². The van der Waals surface area contributed by atoms with Gasteiger partial charge in [0.15, 0.2) is 11.6 Å². The fraction of sp³-hybridized carbons (Fsp3) is 0.143. The standard InChI is InChI=1S/C14H13F2NS/c1-9-6-11(3-5-14(9)17)18-8-10-2-4-12(15)13(16)7-10/h2-7H,8,17H2,1H3. The van der Waals surface area contributed by atoms with Crippen LogP contribution in [0.1, 0.15) is 11.1 Å². The van der Waals surface area contributed by atoms with Gasteiger partial charge in [0.1, 0.15) is 0 Å². The van der Waals surface area contributed by atoms with Gasteiger partial charge in [-0.25, -0.2) is 8.78 Å². The van der Waals surface area contributed by atoms with Gasteiger partial charge in [-0.05, 0) is 48.4 Å². The second-order valence-corrected chi connectivity index (χ2v) is 5.10. The molecule has 0 atom stereocenters. The zero-order valence-electron chi connectivity index (χ0n) is 9.91. The maximum absolute atomic E-state index is 13.0. The Morgan fingerprint density at radius 2 is 1.83 bits per heavy atom. The fourth-order valence-corrected chi connectivity index (χ4v) is 2.47. The smallest absolute Gasteiger partial charge is 0.159 e. The number of nitrogen functional groups attached to an aromatic ring is 1. The monoisotopic (exact) mass is 265 g/mol. The lowest BCUT2D eigenvalue weighted by Gasteiger charge is -2.05. The Morgan fingerprint density at radius 3 is 2.50 bits per heavy atom. The van der Waals surface area contributed by atoms with Crippen LogP contribution in [0.4, 0.5) is 14.5 Å². The molecule has 2 aromatic rings. The summed E-state index contributed by atoms with van der Waals surface area (Å²) in [7, 11) is 0. The van der Waals surface area contributed by atoms with Crippen molar-refractivity contribution in [3.63, 3.8) is 0 Å². The van der Waals surface area contributed by atoms with Crippen molar-refractivity contribution >= 4 is 17.4 Å². The van der Waals surface area contributed by atoms with Crippen LogP contribution in [0.2, 0.25) is 0 Å². The molecule has 0 bridgehead atoms. The lowest BCUT2D eigenvalue weighted by molar-refractivity contribution is 0.507. The van der Waals surface area contributed by atoms with Gasteiger partial charge < -0.3 is 5.73 Å². The largest absolute Gasteiger partial charge is 0.399 e. The molecule has 0 amide bonds. The lowest BCUT2D eigenvalue weighted by Crippen LogP contribution is -1.90. The van der Waals surface area contributed by atoms with Crippen LogP contribution >= 0.6 is 11.8 Å². The number of nitrogens with two attached hydrogens (primary N) is 1. The van der Waals surface area contributed by atoms with Crippen LogP contribution in [0, 0.1) is 18.6 Å². The van der Waals surface area contributed by atoms with Crippen LogP contribution < -0.4 is 5.73 Å². The van der Waals surface area contributed by atoms with Crippen molar-refractivity contribution in [3.05, 3.63) is 59.2 Å². The number of hydrogen-bond acceptors (Lipinski definition) is 2. The molecule has 0 radical (unpaired) electrons. The third kappa shape index (κ3) is 3.01. The van der Waals surface area contributed by atoms with Gasteiger partial charge in [-0.1, -0.05) is 6.07 Å². The molecule has 0 fully saturated rings. The maximum atomic E-state index is 13.0. The predicted molar refractivity (Wildman–Crippen MR) is 71.5 cm³/mol. The van der Waals surface area contributed by atoms with Crippen molar-refractivity contribution in [1.82, 2.24) is 0 Å². The Labute approximate surface area is 109 Å². The van der Waals surface area contributed by atoms with Gasteiger partial charge in [0.05, 0.1) is 0 Å². The summed E-state index contributed by atoms with van der Waals surface area (Å²) >= 11 is 1.57. The molecular weight excluding hydrogens is 252 g/mol. The molecular formula is C14H13F2NS. The minimum absolute atomic E-state index is 0.598. The molecule has 0 heterocycles. The van der Waals surface area contributed by atoms with E-state index in [1.54, 1.807) is 17.8 Å². The van der Waals surface area contributed by atoms with Crippen molar-refractivity contribution in [3.8, 4) is 0 Å². The van der Waals surface area contributed by atoms with E-state index in [4.69, 9.17) is 5.73 Å². The van der Waals surface area contributed by atoms with E-state index in [0.29, 0.717) is 5.75 Å². The van der Waals surface area contributed by atoms with E-state index in [-0.39, 0.29) is 0 Å². The molecule has 4 heteroatoms. The molecule has 2 aromatic carbocycles. The first kappa shape index (κ1) is 12.9. The van der Waals surface area contributed by atoms with Crippen molar-refractivity contribution in [2.45, 2.75) is 17.6 Å². The Morgan fingerprint density at radius 1 is 1.06 bits per heavy atom. The molecule has 0 aromatic heterocycles. The first-order valence-corrected chi connectivity index (χ1v) is 6.47. The van der Waals surface area contributed by atoms with Crippen LogP contribution in [0.3, 0.4) is 0 Å². The van der Waals surface area contributed by atoms with E-state index in [0.717, 1.165) is 27.8 Å². The lowest BCUT2D eigenvalue weighted by atomic mass is 10.2. The summed E-state index contributed by atoms with van der Waals surface area (Å²) in [4.78, 5) is 1.06. The average molecular weight is 265 g/mol. The summed E-state index contributed by atoms with van der Waals surface area (Å²) in [6, 6.07) is 9.73. The Balaban J connectivity index is 2.06. The Bertz CT molecular complexity index is 518. The van der Waals surface area contributed by atoms with E-state index < -0.39 is 11.6 Å². The molecule has 0 spiro atoms. The van der Waals surface area contributed by atoms with Gasteiger partial charge in [-0.15, -0.1) is 11.8 Å². The summed E-state index contributed by atoms with van der Waals surface area (Å²) in [5, 5.41) is 0. The fourth-order valence-electron chi connectivity index (χ4n) is 1.53. The number of rotatable bonds is 3. The molecule has 2 rings (SSSR count). The molecule has 0 aliphatic carbocycles. The Kier molecular flexibility index (Phi) is 3.87. The molecule has 0 saturated heterocycles. The van der Waals surface area contributed by atoms with Gasteiger partial charge in [-0.3, -0.25) is 0 Å². The highest BCUT2D eigenvalue weighted by molar-refractivity contribution is 7.98. The van der Waals surface area contributed by atoms with Crippen LogP contribution in [-0.4, -0.2) is 0 Å². The quantitative estimate of drug-likeness (QED) is 0.666.